The van der Waals surface area contributed by atoms with E-state index < -0.39 is 0 Å². The summed E-state index contributed by atoms with van der Waals surface area (Å²) < 4.78 is 5.22. The number of ether oxygens (including phenoxy) is 1. The summed E-state index contributed by atoms with van der Waals surface area (Å²) in [5.41, 5.74) is 3.01. The Kier molecular flexibility index (Phi) is 7.54. The number of benzene rings is 2. The van der Waals surface area contributed by atoms with E-state index in [-0.39, 0.29) is 42.4 Å². The Morgan fingerprint density at radius 2 is 1.73 bits per heavy atom. The van der Waals surface area contributed by atoms with Crippen LogP contribution in [0.25, 0.3) is 0 Å². The number of rotatable bonds is 6. The second-order valence-electron chi connectivity index (χ2n) is 9.65. The molecule has 0 unspecified atom stereocenters. The molecule has 3 heterocycles. The fourth-order valence-corrected chi connectivity index (χ4v) is 6.68. The van der Waals surface area contributed by atoms with Crippen molar-refractivity contribution in [3.05, 3.63) is 80.3 Å². The van der Waals surface area contributed by atoms with Gasteiger partial charge in [-0.1, -0.05) is 61.3 Å². The van der Waals surface area contributed by atoms with E-state index >= 15 is 0 Å². The zero-order valence-electron chi connectivity index (χ0n) is 20.8. The minimum Gasteiger partial charge on any atom is -0.382 e. The van der Waals surface area contributed by atoms with Gasteiger partial charge in [0.15, 0.2) is 5.17 Å². The maximum atomic E-state index is 13.8. The van der Waals surface area contributed by atoms with E-state index in [1.54, 1.807) is 12.0 Å². The van der Waals surface area contributed by atoms with Crippen LogP contribution in [0.15, 0.2) is 64.1 Å². The van der Waals surface area contributed by atoms with Crippen molar-refractivity contribution in [1.82, 2.24) is 15.1 Å². The first-order valence-electron chi connectivity index (χ1n) is 12.1. The van der Waals surface area contributed by atoms with E-state index in [0.717, 1.165) is 22.0 Å². The molecule has 0 saturated carbocycles. The minimum absolute atomic E-state index is 0.0228. The Morgan fingerprint density at radius 3 is 2.32 bits per heavy atom. The van der Waals surface area contributed by atoms with Gasteiger partial charge in [-0.2, -0.15) is 0 Å². The number of amides is 2. The summed E-state index contributed by atoms with van der Waals surface area (Å²) in [5, 5.41) is 5.00. The highest BCUT2D eigenvalue weighted by molar-refractivity contribution is 8.18. The first kappa shape index (κ1) is 26.1. The molecule has 2 amide bonds. The van der Waals surface area contributed by atoms with Crippen LogP contribution in [0.4, 0.5) is 0 Å². The molecule has 0 aliphatic carbocycles. The molecule has 5 rings (SSSR count). The fourth-order valence-electron chi connectivity index (χ4n) is 5.11. The van der Waals surface area contributed by atoms with Gasteiger partial charge in [-0.15, -0.1) is 0 Å². The van der Waals surface area contributed by atoms with E-state index in [4.69, 9.17) is 32.9 Å². The molecule has 0 bridgehead atoms. The SMILES string of the molecule is COC[C@H]1CN(C(=O)C2=C(C(C)C)N3C(=N[C@@H](c4ccc(Cl)cc4)[C@H]3c3ccc(Cl)cc3)S2)CC(=O)N1. The largest absolute Gasteiger partial charge is 0.382 e. The zero-order valence-corrected chi connectivity index (χ0v) is 23.1. The van der Waals surface area contributed by atoms with Crippen molar-refractivity contribution in [2.75, 3.05) is 26.8 Å². The van der Waals surface area contributed by atoms with Crippen LogP contribution in [-0.2, 0) is 14.3 Å². The predicted molar refractivity (Wildman–Crippen MR) is 148 cm³/mol. The summed E-state index contributed by atoms with van der Waals surface area (Å²) in [7, 11) is 1.58. The summed E-state index contributed by atoms with van der Waals surface area (Å²) in [6.07, 6.45) is 0. The third kappa shape index (κ3) is 5.12. The number of amidine groups is 1. The number of thioether (sulfide) groups is 1. The van der Waals surface area contributed by atoms with Crippen LogP contribution in [0, 0.1) is 5.92 Å². The Hall–Kier alpha value is -2.52. The van der Waals surface area contributed by atoms with Crippen molar-refractivity contribution in [3.8, 4) is 0 Å². The average Bonchev–Trinajstić information content (AvgIpc) is 3.41. The molecule has 3 atom stereocenters. The summed E-state index contributed by atoms with van der Waals surface area (Å²) in [6.45, 7) is 4.93. The Labute approximate surface area is 230 Å². The van der Waals surface area contributed by atoms with Gasteiger partial charge in [-0.05, 0) is 53.1 Å². The van der Waals surface area contributed by atoms with Gasteiger partial charge in [0.25, 0.3) is 5.91 Å². The lowest BCUT2D eigenvalue weighted by Gasteiger charge is -2.34. The van der Waals surface area contributed by atoms with Crippen molar-refractivity contribution in [2.45, 2.75) is 32.0 Å². The van der Waals surface area contributed by atoms with Gasteiger partial charge < -0.3 is 19.9 Å². The zero-order chi connectivity index (χ0) is 26.3. The number of fused-ring (bicyclic) bond motifs is 1. The summed E-state index contributed by atoms with van der Waals surface area (Å²) >= 11 is 13.8. The molecule has 0 spiro atoms. The van der Waals surface area contributed by atoms with Crippen LogP contribution in [0.3, 0.4) is 0 Å². The number of aliphatic imine (C=N–C) groups is 1. The molecule has 1 fully saturated rings. The first-order valence-corrected chi connectivity index (χ1v) is 13.7. The van der Waals surface area contributed by atoms with Gasteiger partial charge in [0, 0.05) is 29.4 Å². The molecule has 2 aromatic rings. The maximum absolute atomic E-state index is 13.8. The maximum Gasteiger partial charge on any atom is 0.263 e. The minimum atomic E-state index is -0.238. The number of carbonyl (C=O) groups is 2. The lowest BCUT2D eigenvalue weighted by Crippen LogP contribution is -2.57. The molecule has 2 aromatic carbocycles. The van der Waals surface area contributed by atoms with Gasteiger partial charge in [0.2, 0.25) is 5.91 Å². The molecule has 194 valence electrons. The number of nitrogens with one attached hydrogen (secondary N) is 1. The molecule has 0 aromatic heterocycles. The molecular weight excluding hydrogens is 531 g/mol. The topological polar surface area (TPSA) is 74.2 Å². The van der Waals surface area contributed by atoms with E-state index in [2.05, 4.69) is 24.1 Å². The molecular formula is C27H28Cl2N4O3S. The molecule has 3 aliphatic heterocycles. The number of halogens is 2. The van der Waals surface area contributed by atoms with Gasteiger partial charge in [-0.3, -0.25) is 14.6 Å². The Bertz CT molecular complexity index is 1260. The van der Waals surface area contributed by atoms with E-state index in [1.165, 1.54) is 11.8 Å². The van der Waals surface area contributed by atoms with Crippen molar-refractivity contribution in [2.24, 2.45) is 10.9 Å². The molecule has 0 radical (unpaired) electrons. The lowest BCUT2D eigenvalue weighted by atomic mass is 9.92. The number of carbonyl (C=O) groups excluding carboxylic acids is 2. The third-order valence-electron chi connectivity index (χ3n) is 6.68. The predicted octanol–water partition coefficient (Wildman–Crippen LogP) is 5.04. The molecule has 7 nitrogen and oxygen atoms in total. The summed E-state index contributed by atoms with van der Waals surface area (Å²) in [5.74, 6) is -0.290. The smallest absolute Gasteiger partial charge is 0.263 e. The highest BCUT2D eigenvalue weighted by Crippen LogP contribution is 2.53. The van der Waals surface area contributed by atoms with Crippen LogP contribution in [0.1, 0.15) is 37.1 Å². The average molecular weight is 560 g/mol. The first-order chi connectivity index (χ1) is 17.8. The summed E-state index contributed by atoms with van der Waals surface area (Å²) in [4.78, 5) is 35.7. The molecule has 10 heteroatoms. The number of piperazine rings is 1. The van der Waals surface area contributed by atoms with Gasteiger partial charge in [-0.25, -0.2) is 0 Å². The van der Waals surface area contributed by atoms with Crippen molar-refractivity contribution in [3.63, 3.8) is 0 Å². The van der Waals surface area contributed by atoms with Crippen LogP contribution in [-0.4, -0.2) is 59.6 Å². The van der Waals surface area contributed by atoms with Gasteiger partial charge in [0.1, 0.15) is 10.9 Å². The monoisotopic (exact) mass is 558 g/mol. The molecule has 37 heavy (non-hydrogen) atoms. The number of allylic oxidation sites excluding steroid dienone is 1. The summed E-state index contributed by atoms with van der Waals surface area (Å²) in [6, 6.07) is 15.0. The lowest BCUT2D eigenvalue weighted by molar-refractivity contribution is -0.137. The number of nitrogens with zero attached hydrogens (tertiary/aromatic N) is 3. The molecule has 1 saturated heterocycles. The van der Waals surface area contributed by atoms with Gasteiger partial charge >= 0.3 is 0 Å². The van der Waals surface area contributed by atoms with E-state index in [1.807, 2.05) is 48.5 Å². The van der Waals surface area contributed by atoms with E-state index in [9.17, 15) is 9.59 Å². The van der Waals surface area contributed by atoms with Crippen LogP contribution < -0.4 is 5.32 Å². The number of methoxy groups -OCH3 is 1. The van der Waals surface area contributed by atoms with Crippen molar-refractivity contribution >= 4 is 51.9 Å². The van der Waals surface area contributed by atoms with Crippen LogP contribution >= 0.6 is 35.0 Å². The van der Waals surface area contributed by atoms with Crippen molar-refractivity contribution < 1.29 is 14.3 Å². The second-order valence-corrected chi connectivity index (χ2v) is 11.5. The molecule has 1 N–H and O–H groups in total. The van der Waals surface area contributed by atoms with Gasteiger partial charge in [0.05, 0.1) is 25.2 Å². The van der Waals surface area contributed by atoms with Crippen LogP contribution in [0.5, 0.6) is 0 Å². The quantitative estimate of drug-likeness (QED) is 0.537. The number of hydrogen-bond donors (Lipinski definition) is 1. The number of hydrogen-bond acceptors (Lipinski definition) is 6. The second kappa shape index (κ2) is 10.7. The third-order valence-corrected chi connectivity index (χ3v) is 8.25. The highest BCUT2D eigenvalue weighted by atomic mass is 35.5. The highest BCUT2D eigenvalue weighted by Gasteiger charge is 2.48. The Balaban J connectivity index is 1.54. The standard InChI is InChI=1S/C27H28Cl2N4O3S/c1-15(2)23-25(26(35)32-12-20(14-36-3)30-21(34)13-32)37-27-31-22(16-4-8-18(28)9-5-16)24(33(23)27)17-6-10-19(29)11-7-17/h4-11,15,20,22,24H,12-14H2,1-3H3,(H,30,34)/t20-,22+,24-/m1/s1. The molecule has 3 aliphatic rings. The van der Waals surface area contributed by atoms with E-state index in [0.29, 0.717) is 28.1 Å². The Morgan fingerprint density at radius 1 is 1.11 bits per heavy atom. The normalized spacial score (nSPS) is 23.5. The fraction of sp³-hybridized carbons (Fsp3) is 0.370. The van der Waals surface area contributed by atoms with Crippen molar-refractivity contribution in [1.29, 1.82) is 0 Å². The van der Waals surface area contributed by atoms with Crippen LogP contribution in [0.2, 0.25) is 10.0 Å².